The van der Waals surface area contributed by atoms with Crippen LogP contribution in [0.3, 0.4) is 0 Å². The fourth-order valence-corrected chi connectivity index (χ4v) is 2.65. The van der Waals surface area contributed by atoms with Gasteiger partial charge in [0.05, 0.1) is 13.2 Å². The number of ether oxygens (including phenoxy) is 1. The van der Waals surface area contributed by atoms with Crippen LogP contribution in [0.5, 0.6) is 0 Å². The number of morpholine rings is 1. The molecule has 0 aromatic carbocycles. The normalized spacial score (nSPS) is 36.2. The largest absolute Gasteiger partial charge is 0.379 e. The summed E-state index contributed by atoms with van der Waals surface area (Å²) in [5.74, 6) is 1.82. The Labute approximate surface area is 81.3 Å². The molecule has 1 heterocycles. The average Bonchev–Trinajstić information content (AvgIpc) is 2.02. The first-order chi connectivity index (χ1) is 6.29. The van der Waals surface area contributed by atoms with Gasteiger partial charge in [-0.1, -0.05) is 13.8 Å². The second-order valence-electron chi connectivity index (χ2n) is 4.70. The van der Waals surface area contributed by atoms with E-state index in [1.165, 1.54) is 12.8 Å². The van der Waals surface area contributed by atoms with Gasteiger partial charge in [0.15, 0.2) is 0 Å². The molecule has 1 saturated carbocycles. The first-order valence-electron chi connectivity index (χ1n) is 5.61. The molecule has 2 fully saturated rings. The highest BCUT2D eigenvalue weighted by molar-refractivity contribution is 4.90. The highest BCUT2D eigenvalue weighted by Crippen LogP contribution is 2.37. The van der Waals surface area contributed by atoms with Crippen LogP contribution >= 0.6 is 0 Å². The van der Waals surface area contributed by atoms with Crippen molar-refractivity contribution in [1.82, 2.24) is 4.90 Å². The minimum atomic E-state index is 0.863. The summed E-state index contributed by atoms with van der Waals surface area (Å²) < 4.78 is 5.37. The molecule has 0 spiro atoms. The zero-order valence-electron chi connectivity index (χ0n) is 8.83. The minimum absolute atomic E-state index is 0.863. The van der Waals surface area contributed by atoms with Crippen molar-refractivity contribution in [3.8, 4) is 0 Å². The number of rotatable bonds is 2. The molecule has 0 aromatic heterocycles. The molecule has 0 bridgehead atoms. The number of hydrogen-bond donors (Lipinski definition) is 0. The summed E-state index contributed by atoms with van der Waals surface area (Å²) in [6, 6.07) is 0.879. The predicted octanol–water partition coefficient (Wildman–Crippen LogP) is 1.75. The average molecular weight is 183 g/mol. The van der Waals surface area contributed by atoms with Crippen LogP contribution in [0.1, 0.15) is 26.7 Å². The van der Waals surface area contributed by atoms with Crippen molar-refractivity contribution in [3.63, 3.8) is 0 Å². The predicted molar refractivity (Wildman–Crippen MR) is 53.7 cm³/mol. The smallest absolute Gasteiger partial charge is 0.0594 e. The standard InChI is InChI=1S/C11H21NO/c1-9(2)10-3-4-11(10)12-5-7-13-8-6-12/h9-11H,3-8H2,1-2H3. The van der Waals surface area contributed by atoms with Crippen molar-refractivity contribution < 1.29 is 4.74 Å². The maximum Gasteiger partial charge on any atom is 0.0594 e. The van der Waals surface area contributed by atoms with E-state index in [1.807, 2.05) is 0 Å². The molecule has 1 aliphatic carbocycles. The van der Waals surface area contributed by atoms with Gasteiger partial charge < -0.3 is 4.74 Å². The molecule has 2 heteroatoms. The van der Waals surface area contributed by atoms with Crippen LogP contribution in [-0.4, -0.2) is 37.2 Å². The number of nitrogens with zero attached hydrogens (tertiary/aromatic N) is 1. The Morgan fingerprint density at radius 2 is 1.85 bits per heavy atom. The third-order valence-electron chi connectivity index (χ3n) is 3.66. The Morgan fingerprint density at radius 3 is 2.31 bits per heavy atom. The Balaban J connectivity index is 1.85. The van der Waals surface area contributed by atoms with Crippen molar-refractivity contribution in [2.75, 3.05) is 26.3 Å². The quantitative estimate of drug-likeness (QED) is 0.646. The lowest BCUT2D eigenvalue weighted by molar-refractivity contribution is -0.0360. The molecule has 2 rings (SSSR count). The Bertz CT molecular complexity index is 163. The molecule has 0 amide bonds. The molecular weight excluding hydrogens is 162 g/mol. The van der Waals surface area contributed by atoms with Gasteiger partial charge >= 0.3 is 0 Å². The molecule has 2 atom stereocenters. The molecule has 1 aliphatic heterocycles. The van der Waals surface area contributed by atoms with E-state index in [9.17, 15) is 0 Å². The maximum absolute atomic E-state index is 5.37. The number of hydrogen-bond acceptors (Lipinski definition) is 2. The van der Waals surface area contributed by atoms with Gasteiger partial charge in [-0.05, 0) is 24.7 Å². The molecule has 1 saturated heterocycles. The van der Waals surface area contributed by atoms with Gasteiger partial charge in [0, 0.05) is 19.1 Å². The topological polar surface area (TPSA) is 12.5 Å². The summed E-state index contributed by atoms with van der Waals surface area (Å²) >= 11 is 0. The Morgan fingerprint density at radius 1 is 1.15 bits per heavy atom. The molecule has 0 radical (unpaired) electrons. The van der Waals surface area contributed by atoms with Crippen molar-refractivity contribution in [3.05, 3.63) is 0 Å². The summed E-state index contributed by atoms with van der Waals surface area (Å²) in [6.45, 7) is 8.93. The second-order valence-corrected chi connectivity index (χ2v) is 4.70. The maximum atomic E-state index is 5.37. The summed E-state index contributed by atoms with van der Waals surface area (Å²) in [5.41, 5.74) is 0. The van der Waals surface area contributed by atoms with Gasteiger partial charge in [-0.25, -0.2) is 0 Å². The summed E-state index contributed by atoms with van der Waals surface area (Å²) in [4.78, 5) is 2.64. The van der Waals surface area contributed by atoms with E-state index >= 15 is 0 Å². The van der Waals surface area contributed by atoms with E-state index in [2.05, 4.69) is 18.7 Å². The van der Waals surface area contributed by atoms with Gasteiger partial charge in [-0.2, -0.15) is 0 Å². The molecule has 2 unspecified atom stereocenters. The van der Waals surface area contributed by atoms with Crippen LogP contribution in [0.2, 0.25) is 0 Å². The van der Waals surface area contributed by atoms with E-state index in [0.29, 0.717) is 0 Å². The molecule has 2 nitrogen and oxygen atoms in total. The van der Waals surface area contributed by atoms with Crippen LogP contribution in [0, 0.1) is 11.8 Å². The third kappa shape index (κ3) is 1.89. The lowest BCUT2D eigenvalue weighted by Gasteiger charge is -2.47. The molecule has 0 aromatic rings. The lowest BCUT2D eigenvalue weighted by atomic mass is 9.72. The van der Waals surface area contributed by atoms with E-state index < -0.39 is 0 Å². The molecule has 2 aliphatic rings. The molecular formula is C11H21NO. The molecule has 13 heavy (non-hydrogen) atoms. The van der Waals surface area contributed by atoms with Crippen molar-refractivity contribution >= 4 is 0 Å². The van der Waals surface area contributed by atoms with Gasteiger partial charge in [0.1, 0.15) is 0 Å². The summed E-state index contributed by atoms with van der Waals surface area (Å²) in [7, 11) is 0. The van der Waals surface area contributed by atoms with Crippen LogP contribution in [0.4, 0.5) is 0 Å². The van der Waals surface area contributed by atoms with E-state index in [0.717, 1.165) is 44.2 Å². The van der Waals surface area contributed by atoms with E-state index in [-0.39, 0.29) is 0 Å². The van der Waals surface area contributed by atoms with E-state index in [4.69, 9.17) is 4.74 Å². The molecule has 0 N–H and O–H groups in total. The van der Waals surface area contributed by atoms with Gasteiger partial charge in [-0.15, -0.1) is 0 Å². The zero-order chi connectivity index (χ0) is 9.26. The first kappa shape index (κ1) is 9.47. The van der Waals surface area contributed by atoms with Crippen molar-refractivity contribution in [2.45, 2.75) is 32.7 Å². The minimum Gasteiger partial charge on any atom is -0.379 e. The summed E-state index contributed by atoms with van der Waals surface area (Å²) in [6.07, 6.45) is 2.86. The zero-order valence-corrected chi connectivity index (χ0v) is 8.83. The van der Waals surface area contributed by atoms with Crippen molar-refractivity contribution in [2.24, 2.45) is 11.8 Å². The van der Waals surface area contributed by atoms with Crippen LogP contribution in [-0.2, 0) is 4.74 Å². The third-order valence-corrected chi connectivity index (χ3v) is 3.66. The summed E-state index contributed by atoms with van der Waals surface area (Å²) in [5, 5.41) is 0. The van der Waals surface area contributed by atoms with Crippen LogP contribution < -0.4 is 0 Å². The van der Waals surface area contributed by atoms with Gasteiger partial charge in [0.2, 0.25) is 0 Å². The van der Waals surface area contributed by atoms with Crippen LogP contribution in [0.25, 0.3) is 0 Å². The first-order valence-corrected chi connectivity index (χ1v) is 5.61. The highest BCUT2D eigenvalue weighted by Gasteiger charge is 2.37. The van der Waals surface area contributed by atoms with Crippen molar-refractivity contribution in [1.29, 1.82) is 0 Å². The highest BCUT2D eigenvalue weighted by atomic mass is 16.5. The molecule has 76 valence electrons. The Kier molecular flexibility index (Phi) is 2.89. The monoisotopic (exact) mass is 183 g/mol. The fraction of sp³-hybridized carbons (Fsp3) is 1.00. The Hall–Kier alpha value is -0.0800. The van der Waals surface area contributed by atoms with Crippen LogP contribution in [0.15, 0.2) is 0 Å². The fourth-order valence-electron chi connectivity index (χ4n) is 2.65. The lowest BCUT2D eigenvalue weighted by Crippen LogP contribution is -2.52. The second kappa shape index (κ2) is 3.97. The van der Waals surface area contributed by atoms with E-state index in [1.54, 1.807) is 0 Å². The SMILES string of the molecule is CC(C)C1CCC1N1CCOCC1. The van der Waals surface area contributed by atoms with Gasteiger partial charge in [-0.3, -0.25) is 4.90 Å². The van der Waals surface area contributed by atoms with Gasteiger partial charge in [0.25, 0.3) is 0 Å².